The minimum absolute atomic E-state index is 0.119. The highest BCUT2D eigenvalue weighted by Gasteiger charge is 2.34. The van der Waals surface area contributed by atoms with E-state index in [1.807, 2.05) is 0 Å². The highest BCUT2D eigenvalue weighted by atomic mass is 16.5. The van der Waals surface area contributed by atoms with Gasteiger partial charge in [-0.05, 0) is 32.1 Å². The Morgan fingerprint density at radius 1 is 1.39 bits per heavy atom. The zero-order valence-corrected chi connectivity index (χ0v) is 10.2. The SMILES string of the molecule is O=C(O)c1nnn(CC2CCCCO2)c1C1CC1. The van der Waals surface area contributed by atoms with Crippen molar-refractivity contribution in [1.29, 1.82) is 0 Å². The molecule has 1 aliphatic carbocycles. The number of ether oxygens (including phenoxy) is 1. The van der Waals surface area contributed by atoms with Gasteiger partial charge in [0.2, 0.25) is 0 Å². The molecule has 1 aliphatic heterocycles. The predicted molar refractivity (Wildman–Crippen MR) is 62.5 cm³/mol. The number of rotatable bonds is 4. The molecule has 0 spiro atoms. The topological polar surface area (TPSA) is 77.2 Å². The fourth-order valence-corrected chi connectivity index (χ4v) is 2.51. The fraction of sp³-hybridized carbons (Fsp3) is 0.750. The molecule has 6 heteroatoms. The molecule has 1 aromatic heterocycles. The first-order valence-corrected chi connectivity index (χ1v) is 6.54. The van der Waals surface area contributed by atoms with E-state index in [4.69, 9.17) is 9.84 Å². The summed E-state index contributed by atoms with van der Waals surface area (Å²) in [4.78, 5) is 11.1. The average Bonchev–Trinajstić information content (AvgIpc) is 3.12. The van der Waals surface area contributed by atoms with Gasteiger partial charge >= 0.3 is 5.97 Å². The van der Waals surface area contributed by atoms with Gasteiger partial charge < -0.3 is 9.84 Å². The highest BCUT2D eigenvalue weighted by molar-refractivity contribution is 5.86. The van der Waals surface area contributed by atoms with E-state index in [1.54, 1.807) is 4.68 Å². The largest absolute Gasteiger partial charge is 0.476 e. The Morgan fingerprint density at radius 3 is 2.83 bits per heavy atom. The van der Waals surface area contributed by atoms with Gasteiger partial charge in [0.1, 0.15) is 0 Å². The van der Waals surface area contributed by atoms with Crippen molar-refractivity contribution >= 4 is 5.97 Å². The lowest BCUT2D eigenvalue weighted by atomic mass is 10.1. The number of hydrogen-bond acceptors (Lipinski definition) is 4. The summed E-state index contributed by atoms with van der Waals surface area (Å²) in [6.07, 6.45) is 5.54. The van der Waals surface area contributed by atoms with E-state index >= 15 is 0 Å². The maximum absolute atomic E-state index is 11.1. The Labute approximate surface area is 105 Å². The van der Waals surface area contributed by atoms with Crippen LogP contribution in [0.5, 0.6) is 0 Å². The molecule has 0 aromatic carbocycles. The second-order valence-electron chi connectivity index (χ2n) is 5.07. The summed E-state index contributed by atoms with van der Waals surface area (Å²) < 4.78 is 7.42. The van der Waals surface area contributed by atoms with Crippen molar-refractivity contribution in [2.45, 2.75) is 50.7 Å². The second kappa shape index (κ2) is 4.68. The molecule has 98 valence electrons. The van der Waals surface area contributed by atoms with Gasteiger partial charge in [0.25, 0.3) is 0 Å². The molecule has 1 atom stereocenters. The van der Waals surface area contributed by atoms with Crippen molar-refractivity contribution in [2.75, 3.05) is 6.61 Å². The average molecular weight is 251 g/mol. The van der Waals surface area contributed by atoms with Crippen LogP contribution in [0, 0.1) is 0 Å². The van der Waals surface area contributed by atoms with Crippen molar-refractivity contribution in [3.63, 3.8) is 0 Å². The minimum atomic E-state index is -0.979. The summed E-state index contributed by atoms with van der Waals surface area (Å²) in [5.41, 5.74) is 0.907. The van der Waals surface area contributed by atoms with Crippen molar-refractivity contribution in [2.24, 2.45) is 0 Å². The molecule has 0 amide bonds. The smallest absolute Gasteiger partial charge is 0.358 e. The van der Waals surface area contributed by atoms with Crippen LogP contribution < -0.4 is 0 Å². The van der Waals surface area contributed by atoms with E-state index in [2.05, 4.69) is 10.3 Å². The van der Waals surface area contributed by atoms with E-state index in [1.165, 1.54) is 6.42 Å². The Balaban J connectivity index is 1.80. The van der Waals surface area contributed by atoms with Crippen LogP contribution in [0.3, 0.4) is 0 Å². The van der Waals surface area contributed by atoms with Crippen LogP contribution in [-0.2, 0) is 11.3 Å². The minimum Gasteiger partial charge on any atom is -0.476 e. The molecule has 0 radical (unpaired) electrons. The van der Waals surface area contributed by atoms with Gasteiger partial charge in [-0.2, -0.15) is 0 Å². The van der Waals surface area contributed by atoms with E-state index < -0.39 is 5.97 Å². The first-order valence-electron chi connectivity index (χ1n) is 6.54. The molecule has 18 heavy (non-hydrogen) atoms. The molecule has 6 nitrogen and oxygen atoms in total. The lowest BCUT2D eigenvalue weighted by Crippen LogP contribution is -2.26. The first kappa shape index (κ1) is 11.6. The molecule has 2 aliphatic rings. The number of carboxylic acid groups (broad SMARTS) is 1. The maximum Gasteiger partial charge on any atom is 0.358 e. The van der Waals surface area contributed by atoms with Crippen LogP contribution in [0.25, 0.3) is 0 Å². The third-order valence-corrected chi connectivity index (χ3v) is 3.59. The number of nitrogens with zero attached hydrogens (tertiary/aromatic N) is 3. The van der Waals surface area contributed by atoms with Gasteiger partial charge in [-0.25, -0.2) is 9.48 Å². The number of aromatic carboxylic acids is 1. The molecule has 2 fully saturated rings. The Kier molecular flexibility index (Phi) is 3.03. The molecule has 3 rings (SSSR count). The number of carbonyl (C=O) groups is 1. The second-order valence-corrected chi connectivity index (χ2v) is 5.07. The summed E-state index contributed by atoms with van der Waals surface area (Å²) >= 11 is 0. The van der Waals surface area contributed by atoms with E-state index in [0.29, 0.717) is 12.5 Å². The normalized spacial score (nSPS) is 24.1. The van der Waals surface area contributed by atoms with Gasteiger partial charge in [-0.3, -0.25) is 0 Å². The molecule has 2 heterocycles. The van der Waals surface area contributed by atoms with Crippen LogP contribution >= 0.6 is 0 Å². The van der Waals surface area contributed by atoms with E-state index in [-0.39, 0.29) is 11.8 Å². The van der Waals surface area contributed by atoms with Crippen LogP contribution in [-0.4, -0.2) is 38.8 Å². The van der Waals surface area contributed by atoms with Gasteiger partial charge in [0, 0.05) is 12.5 Å². The van der Waals surface area contributed by atoms with Crippen molar-refractivity contribution in [3.05, 3.63) is 11.4 Å². The molecule has 1 N–H and O–H groups in total. The van der Waals surface area contributed by atoms with Gasteiger partial charge in [-0.1, -0.05) is 5.21 Å². The third-order valence-electron chi connectivity index (χ3n) is 3.59. The summed E-state index contributed by atoms with van der Waals surface area (Å²) in [6, 6.07) is 0. The van der Waals surface area contributed by atoms with Crippen LogP contribution in [0.15, 0.2) is 0 Å². The monoisotopic (exact) mass is 251 g/mol. The molecule has 1 unspecified atom stereocenters. The summed E-state index contributed by atoms with van der Waals surface area (Å²) in [7, 11) is 0. The summed E-state index contributed by atoms with van der Waals surface area (Å²) in [6.45, 7) is 1.43. The van der Waals surface area contributed by atoms with Crippen LogP contribution in [0.2, 0.25) is 0 Å². The van der Waals surface area contributed by atoms with Crippen molar-refractivity contribution in [3.8, 4) is 0 Å². The molecule has 0 bridgehead atoms. The van der Waals surface area contributed by atoms with Gasteiger partial charge in [0.05, 0.1) is 18.3 Å². The standard InChI is InChI=1S/C12H17N3O3/c16-12(17)10-11(8-4-5-8)15(14-13-10)7-9-3-1-2-6-18-9/h8-9H,1-7H2,(H,16,17). The van der Waals surface area contributed by atoms with Crippen molar-refractivity contribution < 1.29 is 14.6 Å². The first-order chi connectivity index (χ1) is 8.75. The molecule has 1 saturated carbocycles. The fourth-order valence-electron chi connectivity index (χ4n) is 2.51. The van der Waals surface area contributed by atoms with Crippen molar-refractivity contribution in [1.82, 2.24) is 15.0 Å². The maximum atomic E-state index is 11.1. The summed E-state index contributed by atoms with van der Waals surface area (Å²) in [5.74, 6) is -0.651. The summed E-state index contributed by atoms with van der Waals surface area (Å²) in [5, 5.41) is 16.9. The van der Waals surface area contributed by atoms with Crippen LogP contribution in [0.4, 0.5) is 0 Å². The molecule has 1 aromatic rings. The highest BCUT2D eigenvalue weighted by Crippen LogP contribution is 2.41. The van der Waals surface area contributed by atoms with E-state index in [9.17, 15) is 4.79 Å². The lowest BCUT2D eigenvalue weighted by Gasteiger charge is -2.22. The predicted octanol–water partition coefficient (Wildman–Crippen LogP) is 1.42. The Morgan fingerprint density at radius 2 is 2.22 bits per heavy atom. The molecular formula is C12H17N3O3. The number of aromatic nitrogens is 3. The van der Waals surface area contributed by atoms with E-state index in [0.717, 1.165) is 38.0 Å². The van der Waals surface area contributed by atoms with Gasteiger partial charge in [-0.15, -0.1) is 5.10 Å². The quantitative estimate of drug-likeness (QED) is 0.875. The number of hydrogen-bond donors (Lipinski definition) is 1. The number of carboxylic acids is 1. The van der Waals surface area contributed by atoms with Crippen LogP contribution in [0.1, 0.15) is 54.2 Å². The zero-order chi connectivity index (χ0) is 12.5. The molecular weight excluding hydrogens is 234 g/mol. The Bertz CT molecular complexity index is 447. The lowest BCUT2D eigenvalue weighted by molar-refractivity contribution is 0.00320. The van der Waals surface area contributed by atoms with Gasteiger partial charge in [0.15, 0.2) is 5.69 Å². The zero-order valence-electron chi connectivity index (χ0n) is 10.2. The molecule has 1 saturated heterocycles. The Hall–Kier alpha value is -1.43. The third kappa shape index (κ3) is 2.25.